The van der Waals surface area contributed by atoms with Gasteiger partial charge in [0.25, 0.3) is 5.91 Å². The van der Waals surface area contributed by atoms with Crippen LogP contribution in [0.5, 0.6) is 0 Å². The Hall–Kier alpha value is -3.47. The Kier molecular flexibility index (Phi) is 4.89. The number of carbonyl (C=O) groups is 1. The second kappa shape index (κ2) is 7.64. The lowest BCUT2D eigenvalue weighted by atomic mass is 10.1. The number of hydrogen-bond donors (Lipinski definition) is 1. The number of amides is 1. The second-order valence-electron chi connectivity index (χ2n) is 6.66. The van der Waals surface area contributed by atoms with Crippen LogP contribution in [-0.4, -0.2) is 15.5 Å². The minimum absolute atomic E-state index is 0.0614. The predicted molar refractivity (Wildman–Crippen MR) is 108 cm³/mol. The van der Waals surface area contributed by atoms with Crippen molar-refractivity contribution in [2.24, 2.45) is 0 Å². The van der Waals surface area contributed by atoms with Crippen LogP contribution in [0.2, 0.25) is 0 Å². The summed E-state index contributed by atoms with van der Waals surface area (Å²) < 4.78 is 15.2. The Morgan fingerprint density at radius 1 is 1.00 bits per heavy atom. The van der Waals surface area contributed by atoms with Crippen LogP contribution < -0.4 is 5.32 Å². The molecule has 28 heavy (non-hydrogen) atoms. The molecule has 1 unspecified atom stereocenters. The van der Waals surface area contributed by atoms with Crippen LogP contribution in [0.25, 0.3) is 11.0 Å². The number of aromatic nitrogens is 2. The summed E-state index contributed by atoms with van der Waals surface area (Å²) in [7, 11) is 0. The number of fused-ring (bicyclic) bond motifs is 1. The highest BCUT2D eigenvalue weighted by Crippen LogP contribution is 2.26. The summed E-state index contributed by atoms with van der Waals surface area (Å²) in [6.45, 7) is 2.40. The van der Waals surface area contributed by atoms with Gasteiger partial charge in [-0.05, 0) is 48.9 Å². The molecule has 140 valence electrons. The van der Waals surface area contributed by atoms with Gasteiger partial charge in [-0.2, -0.15) is 0 Å². The summed E-state index contributed by atoms with van der Waals surface area (Å²) in [6.07, 6.45) is 0. The molecule has 0 spiro atoms. The number of benzene rings is 3. The monoisotopic (exact) mass is 373 g/mol. The van der Waals surface area contributed by atoms with E-state index in [2.05, 4.69) is 28.9 Å². The standard InChI is InChI=1S/C23H20FN3O/c1-16(17-7-3-2-4-8-17)27-21-10-6-5-9-20(21)26-22(27)15-25-23(28)18-11-13-19(24)14-12-18/h2-14,16H,15H2,1H3,(H,25,28). The van der Waals surface area contributed by atoms with Crippen molar-refractivity contribution in [3.63, 3.8) is 0 Å². The van der Waals surface area contributed by atoms with Crippen LogP contribution in [0.1, 0.15) is 34.7 Å². The van der Waals surface area contributed by atoms with Crippen LogP contribution in [0, 0.1) is 5.82 Å². The maximum Gasteiger partial charge on any atom is 0.251 e. The molecule has 0 fully saturated rings. The number of imidazole rings is 1. The lowest BCUT2D eigenvalue weighted by molar-refractivity contribution is 0.0949. The quantitative estimate of drug-likeness (QED) is 0.550. The highest BCUT2D eigenvalue weighted by molar-refractivity contribution is 5.94. The molecular weight excluding hydrogens is 353 g/mol. The first-order valence-electron chi connectivity index (χ1n) is 9.18. The van der Waals surface area contributed by atoms with Crippen LogP contribution in [0.4, 0.5) is 4.39 Å². The van der Waals surface area contributed by atoms with E-state index < -0.39 is 0 Å². The van der Waals surface area contributed by atoms with E-state index in [0.29, 0.717) is 5.56 Å². The molecule has 0 radical (unpaired) electrons. The van der Waals surface area contributed by atoms with E-state index in [1.54, 1.807) is 0 Å². The number of nitrogens with zero attached hydrogens (tertiary/aromatic N) is 2. The molecule has 1 atom stereocenters. The maximum absolute atomic E-state index is 13.1. The molecule has 4 rings (SSSR count). The number of carbonyl (C=O) groups excluding carboxylic acids is 1. The smallest absolute Gasteiger partial charge is 0.251 e. The Balaban J connectivity index is 1.65. The van der Waals surface area contributed by atoms with E-state index >= 15 is 0 Å². The van der Waals surface area contributed by atoms with Gasteiger partial charge in [0.1, 0.15) is 11.6 Å². The van der Waals surface area contributed by atoms with Crippen LogP contribution in [-0.2, 0) is 6.54 Å². The number of halogens is 1. The molecule has 4 aromatic rings. The van der Waals surface area contributed by atoms with Crippen molar-refractivity contribution >= 4 is 16.9 Å². The summed E-state index contributed by atoms with van der Waals surface area (Å²) in [5.41, 5.74) is 3.48. The molecule has 0 saturated heterocycles. The van der Waals surface area contributed by atoms with Gasteiger partial charge in [-0.3, -0.25) is 4.79 Å². The molecule has 3 aromatic carbocycles. The van der Waals surface area contributed by atoms with Crippen molar-refractivity contribution in [2.45, 2.75) is 19.5 Å². The average Bonchev–Trinajstić information content (AvgIpc) is 3.11. The molecule has 4 nitrogen and oxygen atoms in total. The predicted octanol–water partition coefficient (Wildman–Crippen LogP) is 4.71. The normalized spacial score (nSPS) is 12.1. The van der Waals surface area contributed by atoms with E-state index in [1.807, 2.05) is 42.5 Å². The van der Waals surface area contributed by atoms with Gasteiger partial charge in [0.15, 0.2) is 0 Å². The molecule has 1 N–H and O–H groups in total. The van der Waals surface area contributed by atoms with Crippen molar-refractivity contribution in [1.82, 2.24) is 14.9 Å². The zero-order valence-electron chi connectivity index (χ0n) is 15.5. The molecule has 0 aliphatic heterocycles. The third-order valence-electron chi connectivity index (χ3n) is 4.85. The van der Waals surface area contributed by atoms with Gasteiger partial charge in [-0.1, -0.05) is 42.5 Å². The molecule has 1 amide bonds. The minimum Gasteiger partial charge on any atom is -0.345 e. The molecule has 0 aliphatic carbocycles. The van der Waals surface area contributed by atoms with Crippen LogP contribution in [0.3, 0.4) is 0 Å². The Morgan fingerprint density at radius 3 is 2.43 bits per heavy atom. The minimum atomic E-state index is -0.366. The van der Waals surface area contributed by atoms with Gasteiger partial charge in [0.2, 0.25) is 0 Å². The lowest BCUT2D eigenvalue weighted by Gasteiger charge is -2.18. The topological polar surface area (TPSA) is 46.9 Å². The number of hydrogen-bond acceptors (Lipinski definition) is 2. The summed E-state index contributed by atoms with van der Waals surface area (Å²) in [4.78, 5) is 17.2. The molecule has 5 heteroatoms. The van der Waals surface area contributed by atoms with Crippen molar-refractivity contribution in [3.8, 4) is 0 Å². The van der Waals surface area contributed by atoms with Gasteiger partial charge in [-0.25, -0.2) is 9.37 Å². The fourth-order valence-corrected chi connectivity index (χ4v) is 3.39. The molecule has 0 aliphatic rings. The third kappa shape index (κ3) is 3.51. The Morgan fingerprint density at radius 2 is 1.68 bits per heavy atom. The SMILES string of the molecule is CC(c1ccccc1)n1c(CNC(=O)c2ccc(F)cc2)nc2ccccc21. The fraction of sp³-hybridized carbons (Fsp3) is 0.130. The average molecular weight is 373 g/mol. The summed E-state index contributed by atoms with van der Waals surface area (Å²) >= 11 is 0. The molecule has 0 bridgehead atoms. The summed E-state index contributed by atoms with van der Waals surface area (Å²) in [5, 5.41) is 2.90. The molecular formula is C23H20FN3O. The molecule has 1 aromatic heterocycles. The van der Waals surface area contributed by atoms with E-state index in [-0.39, 0.29) is 24.3 Å². The largest absolute Gasteiger partial charge is 0.345 e. The maximum atomic E-state index is 13.1. The fourth-order valence-electron chi connectivity index (χ4n) is 3.39. The Labute approximate surface area is 162 Å². The lowest BCUT2D eigenvalue weighted by Crippen LogP contribution is -2.25. The first-order valence-corrected chi connectivity index (χ1v) is 9.18. The number of rotatable bonds is 5. The second-order valence-corrected chi connectivity index (χ2v) is 6.66. The third-order valence-corrected chi connectivity index (χ3v) is 4.85. The van der Waals surface area contributed by atoms with Gasteiger partial charge in [0, 0.05) is 5.56 Å². The van der Waals surface area contributed by atoms with Gasteiger partial charge < -0.3 is 9.88 Å². The molecule has 1 heterocycles. The summed E-state index contributed by atoms with van der Waals surface area (Å²) in [5.74, 6) is 0.147. The van der Waals surface area contributed by atoms with E-state index in [0.717, 1.165) is 22.4 Å². The van der Waals surface area contributed by atoms with Crippen LogP contribution >= 0.6 is 0 Å². The van der Waals surface area contributed by atoms with E-state index in [4.69, 9.17) is 4.98 Å². The van der Waals surface area contributed by atoms with Crippen molar-refractivity contribution in [3.05, 3.63) is 102 Å². The highest BCUT2D eigenvalue weighted by Gasteiger charge is 2.17. The zero-order chi connectivity index (χ0) is 19.5. The number of para-hydroxylation sites is 2. The number of nitrogens with one attached hydrogen (secondary N) is 1. The highest BCUT2D eigenvalue weighted by atomic mass is 19.1. The van der Waals surface area contributed by atoms with Crippen molar-refractivity contribution < 1.29 is 9.18 Å². The first kappa shape index (κ1) is 17.9. The zero-order valence-corrected chi connectivity index (χ0v) is 15.5. The van der Waals surface area contributed by atoms with Gasteiger partial charge >= 0.3 is 0 Å². The van der Waals surface area contributed by atoms with Gasteiger partial charge in [-0.15, -0.1) is 0 Å². The first-order chi connectivity index (χ1) is 13.6. The Bertz CT molecular complexity index is 1100. The summed E-state index contributed by atoms with van der Waals surface area (Å²) in [6, 6.07) is 23.7. The molecule has 0 saturated carbocycles. The van der Waals surface area contributed by atoms with Crippen LogP contribution in [0.15, 0.2) is 78.9 Å². The van der Waals surface area contributed by atoms with Crippen molar-refractivity contribution in [1.29, 1.82) is 0 Å². The van der Waals surface area contributed by atoms with E-state index in [9.17, 15) is 9.18 Å². The van der Waals surface area contributed by atoms with Crippen molar-refractivity contribution in [2.75, 3.05) is 0 Å². The van der Waals surface area contributed by atoms with E-state index in [1.165, 1.54) is 24.3 Å². The van der Waals surface area contributed by atoms with Gasteiger partial charge in [0.05, 0.1) is 23.6 Å².